The number of rotatable bonds is 5. The van der Waals surface area contributed by atoms with Crippen LogP contribution < -0.4 is 0 Å². The lowest BCUT2D eigenvalue weighted by Gasteiger charge is -2.01. The highest BCUT2D eigenvalue weighted by atomic mass is 16.6. The highest BCUT2D eigenvalue weighted by molar-refractivity contribution is 5.82. The monoisotopic (exact) mass is 255 g/mol. The third kappa shape index (κ3) is 2.67. The van der Waals surface area contributed by atoms with Crippen LogP contribution in [0.1, 0.15) is 23.4 Å². The average molecular weight is 255 g/mol. The van der Waals surface area contributed by atoms with Gasteiger partial charge in [-0.05, 0) is 23.1 Å². The van der Waals surface area contributed by atoms with Crippen LogP contribution in [0.4, 0.5) is 0 Å². The molecule has 1 aromatic carbocycles. The van der Waals surface area contributed by atoms with Crippen LogP contribution in [0, 0.1) is 0 Å². The largest absolute Gasteiger partial charge is 0.388 e. The van der Waals surface area contributed by atoms with E-state index in [4.69, 9.17) is 4.84 Å². The zero-order chi connectivity index (χ0) is 12.9. The molecule has 0 saturated carbocycles. The molecule has 1 aromatic heterocycles. The Balaban J connectivity index is 1.51. The van der Waals surface area contributed by atoms with Gasteiger partial charge in [-0.3, -0.25) is 0 Å². The molecule has 1 heterocycles. The first kappa shape index (κ1) is 11.6. The van der Waals surface area contributed by atoms with E-state index < -0.39 is 0 Å². The number of oxime groups is 1. The minimum absolute atomic E-state index is 0.225. The fraction of sp³-hybridized carbons (Fsp3) is 0.231. The topological polar surface area (TPSA) is 76.1 Å². The van der Waals surface area contributed by atoms with Gasteiger partial charge in [0.15, 0.2) is 6.61 Å². The van der Waals surface area contributed by atoms with Crippen LogP contribution in [0.3, 0.4) is 0 Å². The lowest BCUT2D eigenvalue weighted by atomic mass is 10.0. The molecule has 0 unspecified atom stereocenters. The zero-order valence-corrected chi connectivity index (χ0v) is 10.3. The number of aromatic amines is 1. The first-order chi connectivity index (χ1) is 9.43. The van der Waals surface area contributed by atoms with Gasteiger partial charge in [0, 0.05) is 12.6 Å². The van der Waals surface area contributed by atoms with E-state index in [0.29, 0.717) is 5.82 Å². The van der Waals surface area contributed by atoms with Crippen molar-refractivity contribution in [1.29, 1.82) is 0 Å². The molecule has 0 atom stereocenters. The van der Waals surface area contributed by atoms with Crippen LogP contribution in [0.15, 0.2) is 35.5 Å². The quantitative estimate of drug-likeness (QED) is 0.652. The Kier molecular flexibility index (Phi) is 3.31. The highest BCUT2D eigenvalue weighted by Crippen LogP contribution is 2.28. The van der Waals surface area contributed by atoms with Crippen molar-refractivity contribution in [3.05, 3.63) is 47.3 Å². The van der Waals surface area contributed by atoms with E-state index in [9.17, 15) is 0 Å². The van der Waals surface area contributed by atoms with Crippen molar-refractivity contribution in [1.82, 2.24) is 20.6 Å². The lowest BCUT2D eigenvalue weighted by Crippen LogP contribution is -1.91. The lowest BCUT2D eigenvalue weighted by molar-refractivity contribution is 0.126. The summed E-state index contributed by atoms with van der Waals surface area (Å²) in [5.74, 6) is 0.488. The molecule has 6 nitrogen and oxygen atoms in total. The van der Waals surface area contributed by atoms with Crippen LogP contribution in [-0.4, -0.2) is 26.8 Å². The zero-order valence-electron chi connectivity index (χ0n) is 10.3. The molecular formula is C13H13N5O. The van der Waals surface area contributed by atoms with E-state index in [0.717, 1.165) is 12.8 Å². The first-order valence-electron chi connectivity index (χ1n) is 6.07. The number of allylic oxidation sites excluding steroid dienone is 2. The molecule has 6 heteroatoms. The summed E-state index contributed by atoms with van der Waals surface area (Å²) in [5.41, 5.74) is 3.98. The molecular weight excluding hydrogens is 242 g/mol. The van der Waals surface area contributed by atoms with Crippen LogP contribution in [0.25, 0.3) is 5.57 Å². The van der Waals surface area contributed by atoms with E-state index in [1.165, 1.54) is 16.7 Å². The number of aromatic nitrogens is 4. The normalized spacial score (nSPS) is 13.6. The van der Waals surface area contributed by atoms with E-state index in [2.05, 4.69) is 56.1 Å². The maximum atomic E-state index is 5.08. The molecule has 0 amide bonds. The van der Waals surface area contributed by atoms with Gasteiger partial charge in [0.05, 0.1) is 0 Å². The van der Waals surface area contributed by atoms with Gasteiger partial charge in [-0.15, -0.1) is 10.2 Å². The SMILES string of the molecule is C(CC1=CCc2ccccc21)=NOCc1nn[nH]n1. The second kappa shape index (κ2) is 5.43. The summed E-state index contributed by atoms with van der Waals surface area (Å²) in [4.78, 5) is 5.08. The summed E-state index contributed by atoms with van der Waals surface area (Å²) in [6.07, 6.45) is 5.76. The van der Waals surface area contributed by atoms with Crippen LogP contribution >= 0.6 is 0 Å². The van der Waals surface area contributed by atoms with Gasteiger partial charge in [0.1, 0.15) is 0 Å². The summed E-state index contributed by atoms with van der Waals surface area (Å²) in [6.45, 7) is 0.225. The maximum absolute atomic E-state index is 5.08. The molecule has 1 aliphatic carbocycles. The molecule has 0 radical (unpaired) electrons. The fourth-order valence-corrected chi connectivity index (χ4v) is 2.07. The predicted molar refractivity (Wildman–Crippen MR) is 70.2 cm³/mol. The van der Waals surface area contributed by atoms with Gasteiger partial charge >= 0.3 is 0 Å². The standard InChI is InChI=1S/C13H13N5O/c1-2-4-12-10(3-1)5-6-11(12)7-8-14-19-9-13-15-17-18-16-13/h1-4,6,8H,5,7,9H2,(H,15,16,17,18). The number of nitrogens with one attached hydrogen (secondary N) is 1. The predicted octanol–water partition coefficient (Wildman–Crippen LogP) is 1.73. The summed E-state index contributed by atoms with van der Waals surface area (Å²) in [5, 5.41) is 17.2. The smallest absolute Gasteiger partial charge is 0.214 e. The molecule has 19 heavy (non-hydrogen) atoms. The third-order valence-electron chi connectivity index (χ3n) is 2.97. The molecule has 0 aliphatic heterocycles. The summed E-state index contributed by atoms with van der Waals surface area (Å²) >= 11 is 0. The molecule has 1 N–H and O–H groups in total. The van der Waals surface area contributed by atoms with E-state index in [1.807, 2.05) is 0 Å². The molecule has 0 fully saturated rings. The Morgan fingerprint density at radius 3 is 3.21 bits per heavy atom. The molecule has 1 aliphatic rings. The number of tetrazole rings is 1. The van der Waals surface area contributed by atoms with Crippen LogP contribution in [0.5, 0.6) is 0 Å². The van der Waals surface area contributed by atoms with Gasteiger partial charge in [0.2, 0.25) is 5.82 Å². The number of nitrogens with zero attached hydrogens (tertiary/aromatic N) is 4. The van der Waals surface area contributed by atoms with Gasteiger partial charge in [-0.25, -0.2) is 0 Å². The Labute approximate surface area is 110 Å². The van der Waals surface area contributed by atoms with Crippen molar-refractivity contribution in [3.8, 4) is 0 Å². The molecule has 0 saturated heterocycles. The van der Waals surface area contributed by atoms with E-state index in [-0.39, 0.29) is 6.61 Å². The minimum atomic E-state index is 0.225. The van der Waals surface area contributed by atoms with Gasteiger partial charge in [-0.2, -0.15) is 5.21 Å². The molecule has 0 spiro atoms. The number of fused-ring (bicyclic) bond motifs is 1. The van der Waals surface area contributed by atoms with Gasteiger partial charge in [0.25, 0.3) is 0 Å². The van der Waals surface area contributed by atoms with Crippen molar-refractivity contribution in [2.24, 2.45) is 5.16 Å². The summed E-state index contributed by atoms with van der Waals surface area (Å²) < 4.78 is 0. The van der Waals surface area contributed by atoms with Crippen LogP contribution in [-0.2, 0) is 17.9 Å². The number of hydrogen-bond donors (Lipinski definition) is 1. The Hall–Kier alpha value is -2.50. The summed E-state index contributed by atoms with van der Waals surface area (Å²) in [7, 11) is 0. The Morgan fingerprint density at radius 1 is 1.37 bits per heavy atom. The second-order valence-corrected chi connectivity index (χ2v) is 4.18. The van der Waals surface area contributed by atoms with E-state index in [1.54, 1.807) is 6.21 Å². The van der Waals surface area contributed by atoms with Gasteiger partial charge < -0.3 is 4.84 Å². The Morgan fingerprint density at radius 2 is 2.32 bits per heavy atom. The number of benzene rings is 1. The average Bonchev–Trinajstić information content (AvgIpc) is 3.08. The van der Waals surface area contributed by atoms with Crippen molar-refractivity contribution >= 4 is 11.8 Å². The minimum Gasteiger partial charge on any atom is -0.388 e. The summed E-state index contributed by atoms with van der Waals surface area (Å²) in [6, 6.07) is 8.42. The molecule has 3 rings (SSSR count). The third-order valence-corrected chi connectivity index (χ3v) is 2.97. The van der Waals surface area contributed by atoms with Crippen molar-refractivity contribution in [2.45, 2.75) is 19.4 Å². The second-order valence-electron chi connectivity index (χ2n) is 4.18. The number of H-pyrrole nitrogens is 1. The van der Waals surface area contributed by atoms with Crippen LogP contribution in [0.2, 0.25) is 0 Å². The molecule has 2 aromatic rings. The van der Waals surface area contributed by atoms with E-state index >= 15 is 0 Å². The number of hydrogen-bond acceptors (Lipinski definition) is 5. The fourth-order valence-electron chi connectivity index (χ4n) is 2.07. The highest BCUT2D eigenvalue weighted by Gasteiger charge is 2.11. The first-order valence-corrected chi connectivity index (χ1v) is 6.07. The van der Waals surface area contributed by atoms with Crippen molar-refractivity contribution < 1.29 is 4.84 Å². The van der Waals surface area contributed by atoms with Crippen molar-refractivity contribution in [3.63, 3.8) is 0 Å². The Bertz CT molecular complexity index is 603. The maximum Gasteiger partial charge on any atom is 0.214 e. The van der Waals surface area contributed by atoms with Crippen molar-refractivity contribution in [2.75, 3.05) is 0 Å². The molecule has 0 bridgehead atoms. The molecule has 96 valence electrons. The van der Waals surface area contributed by atoms with Gasteiger partial charge in [-0.1, -0.05) is 40.7 Å².